The maximum absolute atomic E-state index is 7.47. The van der Waals surface area contributed by atoms with Gasteiger partial charge in [-0.25, -0.2) is 0 Å². The fourth-order valence-corrected chi connectivity index (χ4v) is 1.54. The molecule has 0 unspecified atom stereocenters. The quantitative estimate of drug-likeness (QED) is 0.485. The molecule has 0 amide bonds. The Labute approximate surface area is 87.3 Å². The van der Waals surface area contributed by atoms with Crippen LogP contribution in [0.5, 0.6) is 0 Å². The number of amidine groups is 1. The molecule has 1 N–H and O–H groups in total. The SMILES string of the molecule is CCN(Cc1ccccc1)C(=N)[Se]. The summed E-state index contributed by atoms with van der Waals surface area (Å²) in [6.07, 6.45) is 0. The average Bonchev–Trinajstić information content (AvgIpc) is 2.15. The van der Waals surface area contributed by atoms with E-state index in [-0.39, 0.29) is 0 Å². The fourth-order valence-electron chi connectivity index (χ4n) is 1.13. The van der Waals surface area contributed by atoms with E-state index in [9.17, 15) is 0 Å². The summed E-state index contributed by atoms with van der Waals surface area (Å²) in [5, 5.41) is 7.47. The third kappa shape index (κ3) is 3.21. The number of hydrogen-bond acceptors (Lipinski definition) is 1. The average molecular weight is 240 g/mol. The third-order valence-corrected chi connectivity index (χ3v) is 2.43. The zero-order valence-electron chi connectivity index (χ0n) is 7.66. The molecule has 1 aromatic carbocycles. The van der Waals surface area contributed by atoms with E-state index in [1.54, 1.807) is 0 Å². The van der Waals surface area contributed by atoms with Crippen LogP contribution in [0.4, 0.5) is 0 Å². The molecule has 0 fully saturated rings. The summed E-state index contributed by atoms with van der Waals surface area (Å²) in [4.78, 5) is 1.98. The van der Waals surface area contributed by atoms with Gasteiger partial charge < -0.3 is 0 Å². The van der Waals surface area contributed by atoms with Crippen molar-refractivity contribution >= 4 is 20.7 Å². The van der Waals surface area contributed by atoms with E-state index >= 15 is 0 Å². The van der Waals surface area contributed by atoms with Crippen molar-refractivity contribution in [2.24, 2.45) is 0 Å². The first-order valence-corrected chi connectivity index (χ1v) is 5.14. The van der Waals surface area contributed by atoms with Crippen molar-refractivity contribution in [1.82, 2.24) is 4.90 Å². The van der Waals surface area contributed by atoms with Crippen molar-refractivity contribution < 1.29 is 0 Å². The predicted molar refractivity (Wildman–Crippen MR) is 56.0 cm³/mol. The van der Waals surface area contributed by atoms with Gasteiger partial charge in [0, 0.05) is 0 Å². The molecule has 0 heterocycles. The molecular formula is C10H13N2Se. The van der Waals surface area contributed by atoms with Crippen LogP contribution in [0.15, 0.2) is 30.3 Å². The van der Waals surface area contributed by atoms with Crippen molar-refractivity contribution in [2.45, 2.75) is 13.5 Å². The van der Waals surface area contributed by atoms with Crippen molar-refractivity contribution in [1.29, 1.82) is 5.41 Å². The zero-order chi connectivity index (χ0) is 9.68. The molecular weight excluding hydrogens is 227 g/mol. The first-order chi connectivity index (χ1) is 6.24. The van der Waals surface area contributed by atoms with Gasteiger partial charge in [0.25, 0.3) is 0 Å². The second-order valence-corrected chi connectivity index (χ2v) is 3.62. The molecule has 0 aliphatic heterocycles. The van der Waals surface area contributed by atoms with E-state index in [4.69, 9.17) is 5.41 Å². The molecule has 0 saturated carbocycles. The van der Waals surface area contributed by atoms with Crippen molar-refractivity contribution in [3.05, 3.63) is 35.9 Å². The molecule has 0 aliphatic carbocycles. The summed E-state index contributed by atoms with van der Waals surface area (Å²) >= 11 is 2.72. The molecule has 3 heteroatoms. The van der Waals surface area contributed by atoms with Crippen LogP contribution in [0, 0.1) is 5.41 Å². The summed E-state index contributed by atoms with van der Waals surface area (Å²) in [6, 6.07) is 10.2. The summed E-state index contributed by atoms with van der Waals surface area (Å²) in [5.74, 6) is 0. The first kappa shape index (κ1) is 10.3. The molecule has 1 aromatic rings. The Bertz CT molecular complexity index is 272. The molecule has 69 valence electrons. The summed E-state index contributed by atoms with van der Waals surface area (Å²) in [6.45, 7) is 3.72. The zero-order valence-corrected chi connectivity index (χ0v) is 9.37. The van der Waals surface area contributed by atoms with Gasteiger partial charge in [-0.2, -0.15) is 0 Å². The van der Waals surface area contributed by atoms with E-state index in [2.05, 4.69) is 35.1 Å². The summed E-state index contributed by atoms with van der Waals surface area (Å²) in [5.41, 5.74) is 1.24. The predicted octanol–water partition coefficient (Wildman–Crippen LogP) is 1.61. The molecule has 13 heavy (non-hydrogen) atoms. The summed E-state index contributed by atoms with van der Waals surface area (Å²) < 4.78 is 0.506. The second kappa shape index (κ2) is 5.05. The first-order valence-electron chi connectivity index (χ1n) is 4.28. The van der Waals surface area contributed by atoms with E-state index in [0.717, 1.165) is 13.1 Å². The molecule has 1 radical (unpaired) electrons. The number of nitrogens with one attached hydrogen (secondary N) is 1. The molecule has 0 aromatic heterocycles. The van der Waals surface area contributed by atoms with E-state index in [1.807, 2.05) is 23.1 Å². The second-order valence-electron chi connectivity index (χ2n) is 2.80. The number of nitrogens with zero attached hydrogens (tertiary/aromatic N) is 1. The van der Waals surface area contributed by atoms with Crippen LogP contribution in [0.25, 0.3) is 0 Å². The Morgan fingerprint density at radius 1 is 1.38 bits per heavy atom. The monoisotopic (exact) mass is 241 g/mol. The molecule has 0 saturated heterocycles. The Balaban J connectivity index is 2.62. The van der Waals surface area contributed by atoms with Gasteiger partial charge in [-0.3, -0.25) is 0 Å². The number of benzene rings is 1. The van der Waals surface area contributed by atoms with Crippen LogP contribution in [0.1, 0.15) is 12.5 Å². The van der Waals surface area contributed by atoms with Gasteiger partial charge in [0.1, 0.15) is 0 Å². The van der Waals surface area contributed by atoms with Gasteiger partial charge >= 0.3 is 87.0 Å². The molecule has 0 bridgehead atoms. The van der Waals surface area contributed by atoms with Crippen LogP contribution >= 0.6 is 0 Å². The molecule has 0 aliphatic rings. The van der Waals surface area contributed by atoms with Gasteiger partial charge in [-0.05, 0) is 0 Å². The van der Waals surface area contributed by atoms with E-state index in [0.29, 0.717) is 4.73 Å². The van der Waals surface area contributed by atoms with Gasteiger partial charge in [0.05, 0.1) is 0 Å². The van der Waals surface area contributed by atoms with Crippen molar-refractivity contribution in [3.8, 4) is 0 Å². The number of rotatable bonds is 3. The normalized spacial score (nSPS) is 9.62. The van der Waals surface area contributed by atoms with Crippen LogP contribution in [-0.2, 0) is 6.54 Å². The van der Waals surface area contributed by atoms with Crippen molar-refractivity contribution in [3.63, 3.8) is 0 Å². The number of hydrogen-bond donors (Lipinski definition) is 1. The molecule has 0 atom stereocenters. The van der Waals surface area contributed by atoms with Crippen LogP contribution in [-0.4, -0.2) is 32.2 Å². The van der Waals surface area contributed by atoms with Gasteiger partial charge in [-0.15, -0.1) is 0 Å². The van der Waals surface area contributed by atoms with E-state index < -0.39 is 0 Å². The molecule has 1 rings (SSSR count). The van der Waals surface area contributed by atoms with Crippen LogP contribution in [0.3, 0.4) is 0 Å². The molecule has 0 spiro atoms. The Kier molecular flexibility index (Phi) is 4.00. The minimum atomic E-state index is 0.506. The molecule has 2 nitrogen and oxygen atoms in total. The van der Waals surface area contributed by atoms with Gasteiger partial charge in [-0.1, -0.05) is 0 Å². The standard InChI is InChI=1S/C10H13N2Se/c1-2-12(10(11)13)8-9-6-4-3-5-7-9/h3-7,11H,2,8H2,1H3. The Morgan fingerprint density at radius 3 is 2.46 bits per heavy atom. The van der Waals surface area contributed by atoms with Gasteiger partial charge in [0.15, 0.2) is 0 Å². The Hall–Kier alpha value is -0.791. The third-order valence-electron chi connectivity index (χ3n) is 1.89. The minimum absolute atomic E-state index is 0.506. The Morgan fingerprint density at radius 2 is 2.00 bits per heavy atom. The van der Waals surface area contributed by atoms with Crippen molar-refractivity contribution in [2.75, 3.05) is 6.54 Å². The van der Waals surface area contributed by atoms with Gasteiger partial charge in [0.2, 0.25) is 0 Å². The topological polar surface area (TPSA) is 27.1 Å². The van der Waals surface area contributed by atoms with E-state index in [1.165, 1.54) is 5.56 Å². The van der Waals surface area contributed by atoms with Crippen LogP contribution in [0.2, 0.25) is 0 Å². The maximum atomic E-state index is 7.47. The summed E-state index contributed by atoms with van der Waals surface area (Å²) in [7, 11) is 0. The van der Waals surface area contributed by atoms with Crippen LogP contribution < -0.4 is 0 Å². The fraction of sp³-hybridized carbons (Fsp3) is 0.300.